The van der Waals surface area contributed by atoms with Gasteiger partial charge in [0.25, 0.3) is 0 Å². The highest BCUT2D eigenvalue weighted by Crippen LogP contribution is 2.51. The van der Waals surface area contributed by atoms with E-state index in [4.69, 9.17) is 19.4 Å². The van der Waals surface area contributed by atoms with E-state index in [1.165, 1.54) is 55.2 Å². The quantitative estimate of drug-likeness (QED) is 0.190. The van der Waals surface area contributed by atoms with Crippen LogP contribution < -0.4 is 0 Å². The Kier molecular flexibility index (Phi) is 6.02. The van der Waals surface area contributed by atoms with Crippen molar-refractivity contribution in [2.24, 2.45) is 0 Å². The van der Waals surface area contributed by atoms with Crippen LogP contribution in [-0.2, 0) is 5.41 Å². The molecule has 0 amide bonds. The summed E-state index contributed by atoms with van der Waals surface area (Å²) in [5, 5.41) is 2.43. The van der Waals surface area contributed by atoms with Gasteiger partial charge in [0, 0.05) is 42.3 Å². The molecule has 6 heteroatoms. The molecular formula is C43H28N4OS. The van der Waals surface area contributed by atoms with Gasteiger partial charge in [-0.15, -0.1) is 11.3 Å². The van der Waals surface area contributed by atoms with Gasteiger partial charge < -0.3 is 4.42 Å². The zero-order valence-electron chi connectivity index (χ0n) is 26.8. The summed E-state index contributed by atoms with van der Waals surface area (Å²) in [4.78, 5) is 19.5. The maximum absolute atomic E-state index is 5.68. The summed E-state index contributed by atoms with van der Waals surface area (Å²) in [6, 6.07) is 44.7. The van der Waals surface area contributed by atoms with E-state index in [0.29, 0.717) is 17.5 Å². The Bertz CT molecular complexity index is 2690. The first-order valence-electron chi connectivity index (χ1n) is 16.4. The van der Waals surface area contributed by atoms with Gasteiger partial charge in [-0.25, -0.2) is 19.9 Å². The minimum Gasteiger partial charge on any atom is -0.443 e. The van der Waals surface area contributed by atoms with Crippen LogP contribution in [0.4, 0.5) is 0 Å². The highest BCUT2D eigenvalue weighted by atomic mass is 32.1. The number of benzene rings is 6. The van der Waals surface area contributed by atoms with Gasteiger partial charge in [0.2, 0.25) is 0 Å². The van der Waals surface area contributed by atoms with E-state index in [9.17, 15) is 0 Å². The second-order valence-corrected chi connectivity index (χ2v) is 14.1. The molecule has 0 unspecified atom stereocenters. The van der Waals surface area contributed by atoms with Gasteiger partial charge in [0.1, 0.15) is 5.52 Å². The first kappa shape index (κ1) is 28.1. The van der Waals surface area contributed by atoms with Crippen molar-refractivity contribution in [1.29, 1.82) is 0 Å². The van der Waals surface area contributed by atoms with Crippen LogP contribution >= 0.6 is 11.3 Å². The van der Waals surface area contributed by atoms with Crippen LogP contribution in [0.25, 0.3) is 87.7 Å². The molecule has 9 aromatic rings. The molecule has 0 fully saturated rings. The Morgan fingerprint density at radius 2 is 1.12 bits per heavy atom. The van der Waals surface area contributed by atoms with E-state index in [1.54, 1.807) is 0 Å². The SMILES string of the molecule is CC1(C)c2cc(-c3cccc4c3sc3c(-c5nc(-c6ccccc6)nc(-c6ccccc6)n5)cccc34)ccc2-c2cc3ncoc3cc21. The highest BCUT2D eigenvalue weighted by molar-refractivity contribution is 7.26. The van der Waals surface area contributed by atoms with Crippen molar-refractivity contribution in [2.45, 2.75) is 19.3 Å². The molecule has 232 valence electrons. The standard InChI is InChI=1S/C43H28N4OS/c1-43(2)34-21-27(19-20-29(34)33-22-36-37(23-35(33)43)48-24-44-36)28-15-9-16-30-31-17-10-18-32(39(31)49-38(28)30)42-46-40(25-11-5-3-6-12-25)45-41(47-42)26-13-7-4-8-14-26/h3-24H,1-2H3. The summed E-state index contributed by atoms with van der Waals surface area (Å²) in [6.07, 6.45) is 1.53. The third-order valence-electron chi connectivity index (χ3n) is 9.90. The summed E-state index contributed by atoms with van der Waals surface area (Å²) in [6.45, 7) is 4.61. The lowest BCUT2D eigenvalue weighted by Crippen LogP contribution is -2.15. The van der Waals surface area contributed by atoms with Gasteiger partial charge in [0.05, 0.1) is 0 Å². The van der Waals surface area contributed by atoms with E-state index in [-0.39, 0.29) is 5.41 Å². The molecule has 0 atom stereocenters. The van der Waals surface area contributed by atoms with Crippen molar-refractivity contribution >= 4 is 42.6 Å². The van der Waals surface area contributed by atoms with Crippen molar-refractivity contribution in [3.05, 3.63) is 145 Å². The van der Waals surface area contributed by atoms with Crippen molar-refractivity contribution in [3.63, 3.8) is 0 Å². The molecule has 0 spiro atoms. The Morgan fingerprint density at radius 1 is 0.510 bits per heavy atom. The Labute approximate surface area is 286 Å². The van der Waals surface area contributed by atoms with Crippen molar-refractivity contribution in [3.8, 4) is 56.4 Å². The number of thiophene rings is 1. The minimum absolute atomic E-state index is 0.172. The molecule has 0 bridgehead atoms. The predicted molar refractivity (Wildman–Crippen MR) is 200 cm³/mol. The lowest BCUT2D eigenvalue weighted by molar-refractivity contribution is 0.598. The normalized spacial score (nSPS) is 13.3. The second kappa shape index (κ2) is 10.5. The number of hydrogen-bond acceptors (Lipinski definition) is 6. The fourth-order valence-corrected chi connectivity index (χ4v) is 8.75. The minimum atomic E-state index is -0.172. The molecule has 6 aromatic carbocycles. The summed E-state index contributed by atoms with van der Waals surface area (Å²) in [7, 11) is 0. The molecule has 5 nitrogen and oxygen atoms in total. The fraction of sp³-hybridized carbons (Fsp3) is 0.0698. The Morgan fingerprint density at radius 3 is 1.82 bits per heavy atom. The highest BCUT2D eigenvalue weighted by Gasteiger charge is 2.36. The molecule has 49 heavy (non-hydrogen) atoms. The van der Waals surface area contributed by atoms with Crippen LogP contribution in [0.3, 0.4) is 0 Å². The molecule has 1 aliphatic carbocycles. The number of fused-ring (bicyclic) bond motifs is 7. The van der Waals surface area contributed by atoms with Crippen LogP contribution in [-0.4, -0.2) is 19.9 Å². The van der Waals surface area contributed by atoms with Gasteiger partial charge >= 0.3 is 0 Å². The number of oxazole rings is 1. The van der Waals surface area contributed by atoms with Crippen LogP contribution in [0.5, 0.6) is 0 Å². The molecule has 10 rings (SSSR count). The molecular weight excluding hydrogens is 621 g/mol. The average Bonchev–Trinajstić information content (AvgIpc) is 3.84. The van der Waals surface area contributed by atoms with Crippen LogP contribution in [0.15, 0.2) is 138 Å². The van der Waals surface area contributed by atoms with Gasteiger partial charge in [-0.1, -0.05) is 117 Å². The van der Waals surface area contributed by atoms with Gasteiger partial charge in [-0.3, -0.25) is 0 Å². The second-order valence-electron chi connectivity index (χ2n) is 13.1. The fourth-order valence-electron chi connectivity index (χ4n) is 7.40. The monoisotopic (exact) mass is 648 g/mol. The molecule has 0 aliphatic heterocycles. The lowest BCUT2D eigenvalue weighted by atomic mass is 9.81. The smallest absolute Gasteiger partial charge is 0.181 e. The van der Waals surface area contributed by atoms with Crippen LogP contribution in [0, 0.1) is 0 Å². The van der Waals surface area contributed by atoms with E-state index in [1.807, 2.05) is 72.0 Å². The number of nitrogens with zero attached hydrogens (tertiary/aromatic N) is 4. The van der Waals surface area contributed by atoms with Crippen molar-refractivity contribution < 1.29 is 4.42 Å². The third-order valence-corrected chi connectivity index (χ3v) is 11.2. The zero-order valence-corrected chi connectivity index (χ0v) is 27.6. The summed E-state index contributed by atoms with van der Waals surface area (Å²) in [5.41, 5.74) is 12.0. The maximum Gasteiger partial charge on any atom is 0.181 e. The summed E-state index contributed by atoms with van der Waals surface area (Å²) >= 11 is 1.81. The average molecular weight is 649 g/mol. The predicted octanol–water partition coefficient (Wildman–Crippen LogP) is 11.4. The summed E-state index contributed by atoms with van der Waals surface area (Å²) < 4.78 is 8.10. The van der Waals surface area contributed by atoms with E-state index in [0.717, 1.165) is 32.5 Å². The largest absolute Gasteiger partial charge is 0.443 e. The van der Waals surface area contributed by atoms with E-state index >= 15 is 0 Å². The number of rotatable bonds is 4. The van der Waals surface area contributed by atoms with Crippen molar-refractivity contribution in [2.75, 3.05) is 0 Å². The molecule has 1 aliphatic rings. The van der Waals surface area contributed by atoms with Crippen molar-refractivity contribution in [1.82, 2.24) is 19.9 Å². The molecule has 0 saturated carbocycles. The molecule has 0 radical (unpaired) electrons. The Hall–Kier alpha value is -5.98. The van der Waals surface area contributed by atoms with E-state index < -0.39 is 0 Å². The first-order valence-corrected chi connectivity index (χ1v) is 17.2. The Balaban J connectivity index is 1.15. The first-order chi connectivity index (χ1) is 24.0. The number of hydrogen-bond donors (Lipinski definition) is 0. The molecule has 0 saturated heterocycles. The maximum atomic E-state index is 5.68. The molecule has 3 heterocycles. The lowest BCUT2D eigenvalue weighted by Gasteiger charge is -2.22. The van der Waals surface area contributed by atoms with Gasteiger partial charge in [-0.05, 0) is 57.6 Å². The topological polar surface area (TPSA) is 64.7 Å². The van der Waals surface area contributed by atoms with Crippen LogP contribution in [0.1, 0.15) is 25.0 Å². The molecule has 3 aromatic heterocycles. The zero-order chi connectivity index (χ0) is 32.7. The third kappa shape index (κ3) is 4.31. The van der Waals surface area contributed by atoms with E-state index in [2.05, 4.69) is 85.6 Å². The van der Waals surface area contributed by atoms with Crippen LogP contribution in [0.2, 0.25) is 0 Å². The summed E-state index contributed by atoms with van der Waals surface area (Å²) in [5.74, 6) is 1.99. The van der Waals surface area contributed by atoms with Gasteiger partial charge in [0.15, 0.2) is 29.4 Å². The van der Waals surface area contributed by atoms with Gasteiger partial charge in [-0.2, -0.15) is 0 Å². The molecule has 0 N–H and O–H groups in total. The number of aromatic nitrogens is 4.